The van der Waals surface area contributed by atoms with Crippen molar-refractivity contribution in [1.82, 2.24) is 15.6 Å². The molecule has 0 unspecified atom stereocenters. The van der Waals surface area contributed by atoms with E-state index in [0.717, 1.165) is 36.7 Å². The molecule has 26 heavy (non-hydrogen) atoms. The molecule has 1 aromatic carbocycles. The summed E-state index contributed by atoms with van der Waals surface area (Å²) in [5, 5.41) is 6.50. The summed E-state index contributed by atoms with van der Waals surface area (Å²) in [5.41, 5.74) is 2.52. The maximum absolute atomic E-state index is 13.7. The molecule has 0 aliphatic rings. The number of nitrogens with zero attached hydrogens (tertiary/aromatic N) is 2. The molecule has 2 rings (SSSR count). The summed E-state index contributed by atoms with van der Waals surface area (Å²) in [4.78, 5) is 8.86. The first-order valence-corrected chi connectivity index (χ1v) is 8.41. The molecule has 7 heteroatoms. The quantitative estimate of drug-likeness (QED) is 0.352. The standard InChI is InChI=1S/C19H25FN4O.HI/c1-3-21-19(23-11-9-17-6-4-5-10-22-17)24-13-15-7-8-18(20)16(12-15)14-25-2;/h4-8,10,12H,3,9,11,13-14H2,1-2H3,(H2,21,23,24);1H. The number of hydrogen-bond donors (Lipinski definition) is 2. The van der Waals surface area contributed by atoms with Crippen LogP contribution in [0.4, 0.5) is 4.39 Å². The summed E-state index contributed by atoms with van der Waals surface area (Å²) in [5.74, 6) is 0.478. The molecule has 0 saturated heterocycles. The smallest absolute Gasteiger partial charge is 0.191 e. The lowest BCUT2D eigenvalue weighted by molar-refractivity contribution is 0.181. The van der Waals surface area contributed by atoms with E-state index in [4.69, 9.17) is 4.74 Å². The van der Waals surface area contributed by atoms with E-state index in [1.54, 1.807) is 25.4 Å². The summed E-state index contributed by atoms with van der Waals surface area (Å²) >= 11 is 0. The van der Waals surface area contributed by atoms with E-state index in [1.807, 2.05) is 25.1 Å². The Kier molecular flexibility index (Phi) is 10.8. The zero-order valence-electron chi connectivity index (χ0n) is 15.2. The first-order valence-electron chi connectivity index (χ1n) is 8.41. The van der Waals surface area contributed by atoms with E-state index in [9.17, 15) is 4.39 Å². The molecule has 0 fully saturated rings. The van der Waals surface area contributed by atoms with Crippen LogP contribution in [0.5, 0.6) is 0 Å². The van der Waals surface area contributed by atoms with Crippen molar-refractivity contribution in [3.05, 3.63) is 65.2 Å². The second kappa shape index (κ2) is 12.6. The number of halogens is 2. The van der Waals surface area contributed by atoms with Crippen LogP contribution in [0.3, 0.4) is 0 Å². The Bertz CT molecular complexity index is 682. The highest BCUT2D eigenvalue weighted by atomic mass is 127. The third kappa shape index (κ3) is 7.65. The second-order valence-electron chi connectivity index (χ2n) is 5.55. The lowest BCUT2D eigenvalue weighted by atomic mass is 10.1. The summed E-state index contributed by atoms with van der Waals surface area (Å²) < 4.78 is 18.7. The molecule has 1 heterocycles. The van der Waals surface area contributed by atoms with Crippen LogP contribution >= 0.6 is 24.0 Å². The topological polar surface area (TPSA) is 58.5 Å². The molecular formula is C19H26FIN4O. The largest absolute Gasteiger partial charge is 0.380 e. The van der Waals surface area contributed by atoms with Gasteiger partial charge in [-0.2, -0.15) is 0 Å². The molecule has 0 saturated carbocycles. The van der Waals surface area contributed by atoms with E-state index in [0.29, 0.717) is 12.1 Å². The minimum atomic E-state index is -0.255. The summed E-state index contributed by atoms with van der Waals surface area (Å²) in [6.07, 6.45) is 2.61. The predicted molar refractivity (Wildman–Crippen MR) is 113 cm³/mol. The molecule has 5 nitrogen and oxygen atoms in total. The van der Waals surface area contributed by atoms with Gasteiger partial charge < -0.3 is 15.4 Å². The third-order valence-corrected chi connectivity index (χ3v) is 3.57. The Morgan fingerprint density at radius 3 is 2.77 bits per heavy atom. The van der Waals surface area contributed by atoms with Crippen molar-refractivity contribution in [2.24, 2.45) is 4.99 Å². The molecule has 0 aliphatic carbocycles. The van der Waals surface area contributed by atoms with Crippen LogP contribution in [0, 0.1) is 5.82 Å². The maximum Gasteiger partial charge on any atom is 0.191 e. The molecule has 0 radical (unpaired) electrons. The van der Waals surface area contributed by atoms with Gasteiger partial charge in [0.05, 0.1) is 13.2 Å². The number of guanidine groups is 1. The number of hydrogen-bond acceptors (Lipinski definition) is 3. The fraction of sp³-hybridized carbons (Fsp3) is 0.368. The second-order valence-corrected chi connectivity index (χ2v) is 5.55. The number of aliphatic imine (C=N–C) groups is 1. The lowest BCUT2D eigenvalue weighted by Gasteiger charge is -2.11. The van der Waals surface area contributed by atoms with Crippen LogP contribution in [0.1, 0.15) is 23.7 Å². The molecule has 2 N–H and O–H groups in total. The van der Waals surface area contributed by atoms with Gasteiger partial charge in [-0.25, -0.2) is 9.38 Å². The first-order chi connectivity index (χ1) is 12.2. The Morgan fingerprint density at radius 2 is 2.08 bits per heavy atom. The summed E-state index contributed by atoms with van der Waals surface area (Å²) in [6, 6.07) is 10.9. The van der Waals surface area contributed by atoms with Gasteiger partial charge in [0.2, 0.25) is 0 Å². The van der Waals surface area contributed by atoms with Crippen LogP contribution in [0.2, 0.25) is 0 Å². The zero-order valence-corrected chi connectivity index (χ0v) is 17.5. The van der Waals surface area contributed by atoms with Gasteiger partial charge in [-0.3, -0.25) is 4.98 Å². The highest BCUT2D eigenvalue weighted by molar-refractivity contribution is 14.0. The van der Waals surface area contributed by atoms with Crippen molar-refractivity contribution in [2.75, 3.05) is 20.2 Å². The van der Waals surface area contributed by atoms with Crippen molar-refractivity contribution in [3.8, 4) is 0 Å². The minimum Gasteiger partial charge on any atom is -0.380 e. The summed E-state index contributed by atoms with van der Waals surface area (Å²) in [6.45, 7) is 4.25. The molecule has 0 atom stereocenters. The number of rotatable bonds is 8. The fourth-order valence-electron chi connectivity index (χ4n) is 2.36. The van der Waals surface area contributed by atoms with E-state index in [-0.39, 0.29) is 36.4 Å². The molecule has 142 valence electrons. The Balaban J connectivity index is 0.00000338. The highest BCUT2D eigenvalue weighted by Crippen LogP contribution is 2.12. The predicted octanol–water partition coefficient (Wildman–Crippen LogP) is 3.28. The van der Waals surface area contributed by atoms with Crippen LogP contribution < -0.4 is 10.6 Å². The minimum absolute atomic E-state index is 0. The number of methoxy groups -OCH3 is 1. The summed E-state index contributed by atoms with van der Waals surface area (Å²) in [7, 11) is 1.55. The van der Waals surface area contributed by atoms with Gasteiger partial charge in [0.25, 0.3) is 0 Å². The molecular weight excluding hydrogens is 446 g/mol. The van der Waals surface area contributed by atoms with E-state index < -0.39 is 0 Å². The third-order valence-electron chi connectivity index (χ3n) is 3.57. The number of ether oxygens (including phenoxy) is 1. The number of pyridine rings is 1. The molecule has 2 aromatic rings. The Morgan fingerprint density at radius 1 is 1.23 bits per heavy atom. The van der Waals surface area contributed by atoms with Crippen molar-refractivity contribution >= 4 is 29.9 Å². The van der Waals surface area contributed by atoms with Crippen LogP contribution in [-0.2, 0) is 24.3 Å². The van der Waals surface area contributed by atoms with Gasteiger partial charge in [0.1, 0.15) is 5.82 Å². The number of benzene rings is 1. The van der Waals surface area contributed by atoms with Crippen molar-refractivity contribution < 1.29 is 9.13 Å². The van der Waals surface area contributed by atoms with Crippen LogP contribution in [0.25, 0.3) is 0 Å². The molecule has 0 bridgehead atoms. The van der Waals surface area contributed by atoms with Crippen molar-refractivity contribution in [2.45, 2.75) is 26.5 Å². The van der Waals surface area contributed by atoms with Gasteiger partial charge in [-0.05, 0) is 36.8 Å². The Hall–Kier alpha value is -1.74. The average molecular weight is 472 g/mol. The number of aromatic nitrogens is 1. The molecule has 0 aliphatic heterocycles. The monoisotopic (exact) mass is 472 g/mol. The van der Waals surface area contributed by atoms with Crippen LogP contribution in [0.15, 0.2) is 47.6 Å². The molecule has 0 amide bonds. The van der Waals surface area contributed by atoms with Gasteiger partial charge in [-0.15, -0.1) is 24.0 Å². The normalized spacial score (nSPS) is 11.0. The first kappa shape index (κ1) is 22.3. The van der Waals surface area contributed by atoms with Crippen molar-refractivity contribution in [3.63, 3.8) is 0 Å². The van der Waals surface area contributed by atoms with E-state index in [2.05, 4.69) is 20.6 Å². The van der Waals surface area contributed by atoms with E-state index >= 15 is 0 Å². The number of nitrogens with one attached hydrogen (secondary N) is 2. The molecule has 1 aromatic heterocycles. The fourth-order valence-corrected chi connectivity index (χ4v) is 2.36. The van der Waals surface area contributed by atoms with Gasteiger partial charge >= 0.3 is 0 Å². The van der Waals surface area contributed by atoms with Crippen LogP contribution in [-0.4, -0.2) is 31.1 Å². The highest BCUT2D eigenvalue weighted by Gasteiger charge is 2.04. The Labute approximate surface area is 171 Å². The average Bonchev–Trinajstić information content (AvgIpc) is 2.63. The van der Waals surface area contributed by atoms with Gasteiger partial charge in [-0.1, -0.05) is 12.1 Å². The van der Waals surface area contributed by atoms with Gasteiger partial charge in [0.15, 0.2) is 5.96 Å². The molecule has 0 spiro atoms. The van der Waals surface area contributed by atoms with Gasteiger partial charge in [0, 0.05) is 44.1 Å². The maximum atomic E-state index is 13.7. The zero-order chi connectivity index (χ0) is 17.9. The SMILES string of the molecule is CCNC(=NCc1ccc(F)c(COC)c1)NCCc1ccccn1.I. The van der Waals surface area contributed by atoms with E-state index in [1.165, 1.54) is 6.07 Å². The lowest BCUT2D eigenvalue weighted by Crippen LogP contribution is -2.38. The van der Waals surface area contributed by atoms with Crippen molar-refractivity contribution in [1.29, 1.82) is 0 Å².